The molecule has 0 saturated carbocycles. The summed E-state index contributed by atoms with van der Waals surface area (Å²) < 4.78 is 5.09. The number of halogens is 1. The highest BCUT2D eigenvalue weighted by Crippen LogP contribution is 2.20. The Hall–Kier alpha value is -1.79. The zero-order valence-corrected chi connectivity index (χ0v) is 7.71. The van der Waals surface area contributed by atoms with E-state index in [4.69, 9.17) is 21.3 Å². The van der Waals surface area contributed by atoms with Gasteiger partial charge in [-0.25, -0.2) is 0 Å². The third kappa shape index (κ3) is 1.17. The Kier molecular flexibility index (Phi) is 1.99. The van der Waals surface area contributed by atoms with Gasteiger partial charge in [0, 0.05) is 0 Å². The fourth-order valence-corrected chi connectivity index (χ4v) is 1.42. The molecule has 0 N–H and O–H groups in total. The largest absolute Gasteiger partial charge is 0.461 e. The van der Waals surface area contributed by atoms with Crippen LogP contribution in [-0.4, -0.2) is 0 Å². The maximum absolute atomic E-state index is 11.6. The van der Waals surface area contributed by atoms with E-state index in [9.17, 15) is 4.79 Å². The van der Waals surface area contributed by atoms with Crippen molar-refractivity contribution >= 4 is 22.6 Å². The van der Waals surface area contributed by atoms with Crippen LogP contribution in [0.25, 0.3) is 11.0 Å². The lowest BCUT2D eigenvalue weighted by Crippen LogP contribution is -2.05. The minimum atomic E-state index is -0.351. The molecule has 3 nitrogen and oxygen atoms in total. The fraction of sp³-hybridized carbons (Fsp3) is 0. The third-order valence-corrected chi connectivity index (χ3v) is 2.17. The highest BCUT2D eigenvalue weighted by Gasteiger charge is 2.07. The molecule has 1 aromatic carbocycles. The van der Waals surface area contributed by atoms with Crippen LogP contribution in [0.5, 0.6) is 0 Å². The highest BCUT2D eigenvalue weighted by molar-refractivity contribution is 6.34. The van der Waals surface area contributed by atoms with Crippen molar-refractivity contribution in [1.29, 1.82) is 5.26 Å². The summed E-state index contributed by atoms with van der Waals surface area (Å²) in [5.41, 5.74) is -0.0471. The molecule has 0 radical (unpaired) electrons. The summed E-state index contributed by atoms with van der Waals surface area (Å²) in [5.74, 6) is 0. The van der Waals surface area contributed by atoms with Crippen LogP contribution in [0, 0.1) is 11.3 Å². The van der Waals surface area contributed by atoms with Gasteiger partial charge in [0.15, 0.2) is 5.58 Å². The van der Waals surface area contributed by atoms with E-state index in [1.807, 2.05) is 0 Å². The fourth-order valence-electron chi connectivity index (χ4n) is 1.20. The van der Waals surface area contributed by atoms with Crippen molar-refractivity contribution in [3.63, 3.8) is 0 Å². The Morgan fingerprint density at radius 1 is 1.43 bits per heavy atom. The first-order valence-electron chi connectivity index (χ1n) is 3.84. The molecule has 1 aromatic heterocycles. The number of hydrogen-bond donors (Lipinski definition) is 0. The molecular weight excluding hydrogens is 202 g/mol. The van der Waals surface area contributed by atoms with E-state index in [-0.39, 0.29) is 11.0 Å². The smallest absolute Gasteiger partial charge is 0.210 e. The normalized spacial score (nSPS) is 10.0. The Morgan fingerprint density at radius 3 is 2.93 bits per heavy atom. The van der Waals surface area contributed by atoms with Crippen molar-refractivity contribution in [2.45, 2.75) is 0 Å². The molecule has 14 heavy (non-hydrogen) atoms. The summed E-state index contributed by atoms with van der Waals surface area (Å²) in [5, 5.41) is 9.30. The molecular formula is C10H4ClNO2. The van der Waals surface area contributed by atoms with Crippen molar-refractivity contribution < 1.29 is 4.42 Å². The molecule has 1 heterocycles. The van der Waals surface area contributed by atoms with Gasteiger partial charge in [0.05, 0.1) is 10.4 Å². The third-order valence-electron chi connectivity index (χ3n) is 1.87. The van der Waals surface area contributed by atoms with Crippen LogP contribution in [0.3, 0.4) is 0 Å². The zero-order valence-electron chi connectivity index (χ0n) is 6.95. The summed E-state index contributed by atoms with van der Waals surface area (Å²) in [7, 11) is 0. The number of para-hydroxylation sites is 1. The average Bonchev–Trinajstić information content (AvgIpc) is 2.20. The first-order chi connectivity index (χ1) is 6.74. The van der Waals surface area contributed by atoms with Crippen molar-refractivity contribution in [3.8, 4) is 6.07 Å². The van der Waals surface area contributed by atoms with Gasteiger partial charge in [0.2, 0.25) is 5.43 Å². The van der Waals surface area contributed by atoms with Crippen molar-refractivity contribution in [2.24, 2.45) is 0 Å². The van der Waals surface area contributed by atoms with Crippen LogP contribution < -0.4 is 5.43 Å². The summed E-state index contributed by atoms with van der Waals surface area (Å²) in [6.45, 7) is 0. The van der Waals surface area contributed by atoms with Crippen LogP contribution in [0.2, 0.25) is 5.02 Å². The summed E-state index contributed by atoms with van der Waals surface area (Å²) >= 11 is 5.81. The maximum atomic E-state index is 11.6. The minimum absolute atomic E-state index is 0.0141. The molecule has 0 aliphatic heterocycles. The summed E-state index contributed by atoms with van der Waals surface area (Å²) in [4.78, 5) is 11.6. The number of benzene rings is 1. The van der Waals surface area contributed by atoms with Crippen LogP contribution >= 0.6 is 11.6 Å². The van der Waals surface area contributed by atoms with Crippen molar-refractivity contribution in [2.75, 3.05) is 0 Å². The Morgan fingerprint density at radius 2 is 2.21 bits per heavy atom. The number of nitriles is 1. The molecule has 0 fully saturated rings. The molecule has 4 heteroatoms. The van der Waals surface area contributed by atoms with Gasteiger partial charge in [-0.3, -0.25) is 4.79 Å². The van der Waals surface area contributed by atoms with Gasteiger partial charge in [0.25, 0.3) is 0 Å². The van der Waals surface area contributed by atoms with E-state index in [2.05, 4.69) is 0 Å². The second-order valence-electron chi connectivity index (χ2n) is 2.71. The predicted molar refractivity (Wildman–Crippen MR) is 52.2 cm³/mol. The molecule has 0 atom stereocenters. The first-order valence-corrected chi connectivity index (χ1v) is 4.22. The van der Waals surface area contributed by atoms with Gasteiger partial charge in [-0.2, -0.15) is 5.26 Å². The van der Waals surface area contributed by atoms with Gasteiger partial charge < -0.3 is 4.42 Å². The van der Waals surface area contributed by atoms with Crippen LogP contribution in [0.4, 0.5) is 0 Å². The van der Waals surface area contributed by atoms with E-state index < -0.39 is 0 Å². The quantitative estimate of drug-likeness (QED) is 0.663. The second-order valence-corrected chi connectivity index (χ2v) is 3.11. The average molecular weight is 206 g/mol. The van der Waals surface area contributed by atoms with Gasteiger partial charge >= 0.3 is 0 Å². The van der Waals surface area contributed by atoms with Crippen LogP contribution in [0.15, 0.2) is 33.7 Å². The van der Waals surface area contributed by atoms with Gasteiger partial charge in [-0.1, -0.05) is 17.7 Å². The zero-order chi connectivity index (χ0) is 10.1. The minimum Gasteiger partial charge on any atom is -0.461 e. The lowest BCUT2D eigenvalue weighted by atomic mass is 10.2. The number of nitrogens with zero attached hydrogens (tertiary/aromatic N) is 1. The molecule has 0 bridgehead atoms. The Labute approximate surface area is 84.1 Å². The molecule has 68 valence electrons. The molecule has 0 unspecified atom stereocenters. The molecule has 0 aliphatic rings. The van der Waals surface area contributed by atoms with E-state index in [0.29, 0.717) is 16.0 Å². The van der Waals surface area contributed by atoms with E-state index in [1.54, 1.807) is 24.3 Å². The van der Waals surface area contributed by atoms with Gasteiger partial charge in [0.1, 0.15) is 17.9 Å². The topological polar surface area (TPSA) is 54.0 Å². The van der Waals surface area contributed by atoms with Crippen molar-refractivity contribution in [3.05, 3.63) is 45.3 Å². The first kappa shape index (κ1) is 8.79. The molecule has 0 aliphatic carbocycles. The predicted octanol–water partition coefficient (Wildman–Crippen LogP) is 2.32. The van der Waals surface area contributed by atoms with E-state index in [0.717, 1.165) is 6.26 Å². The summed E-state index contributed by atoms with van der Waals surface area (Å²) in [6.07, 6.45) is 1.12. The molecule has 2 aromatic rings. The standard InChI is InChI=1S/C10H4ClNO2/c11-8-3-1-2-7-9(13)6(4-12)5-14-10(7)8/h1-3,5H. The molecule has 2 rings (SSSR count). The highest BCUT2D eigenvalue weighted by atomic mass is 35.5. The van der Waals surface area contributed by atoms with Crippen molar-refractivity contribution in [1.82, 2.24) is 0 Å². The van der Waals surface area contributed by atoms with Crippen LogP contribution in [0.1, 0.15) is 5.56 Å². The lowest BCUT2D eigenvalue weighted by Gasteiger charge is -1.97. The molecule has 0 spiro atoms. The molecule has 0 saturated heterocycles. The van der Waals surface area contributed by atoms with E-state index in [1.165, 1.54) is 0 Å². The summed E-state index contributed by atoms with van der Waals surface area (Å²) in [6, 6.07) is 6.60. The van der Waals surface area contributed by atoms with E-state index >= 15 is 0 Å². The van der Waals surface area contributed by atoms with Gasteiger partial charge in [-0.05, 0) is 12.1 Å². The van der Waals surface area contributed by atoms with Gasteiger partial charge in [-0.15, -0.1) is 0 Å². The Bertz CT molecular complexity index is 595. The number of rotatable bonds is 0. The monoisotopic (exact) mass is 205 g/mol. The molecule has 0 amide bonds. The van der Waals surface area contributed by atoms with Crippen LogP contribution in [-0.2, 0) is 0 Å². The second kappa shape index (κ2) is 3.17. The number of hydrogen-bond acceptors (Lipinski definition) is 3. The maximum Gasteiger partial charge on any atom is 0.210 e. The SMILES string of the molecule is N#Cc1coc2c(Cl)cccc2c1=O. The number of fused-ring (bicyclic) bond motifs is 1. The Balaban J connectivity index is 3.00. The lowest BCUT2D eigenvalue weighted by molar-refractivity contribution is 0.600.